The number of carbonyl (C=O) groups is 3. The van der Waals surface area contributed by atoms with Gasteiger partial charge in [0.15, 0.2) is 0 Å². The minimum Gasteiger partial charge on any atom is -0.480 e. The first-order valence-electron chi connectivity index (χ1n) is 12.0. The molecular formula is C30H21Cl2NO5S. The van der Waals surface area contributed by atoms with Gasteiger partial charge in [-0.25, -0.2) is 4.79 Å². The van der Waals surface area contributed by atoms with Crippen molar-refractivity contribution < 1.29 is 23.9 Å². The van der Waals surface area contributed by atoms with Crippen molar-refractivity contribution in [3.63, 3.8) is 0 Å². The number of imide groups is 1. The summed E-state index contributed by atoms with van der Waals surface area (Å²) in [6, 6.07) is 24.8. The fourth-order valence-corrected chi connectivity index (χ4v) is 5.73. The van der Waals surface area contributed by atoms with Gasteiger partial charge in [-0.2, -0.15) is 0 Å². The molecule has 0 unspecified atom stereocenters. The summed E-state index contributed by atoms with van der Waals surface area (Å²) in [5.74, 6) is -2.11. The van der Waals surface area contributed by atoms with Crippen molar-refractivity contribution in [3.8, 4) is 10.6 Å². The van der Waals surface area contributed by atoms with E-state index >= 15 is 0 Å². The molecule has 9 heteroatoms. The van der Waals surface area contributed by atoms with E-state index < -0.39 is 23.8 Å². The standard InChI is InChI=1S/C30H21Cl2NO5S/c31-20-10-12-22(23(32)16-20)29(35)33(24(30(36)37)14-18-6-2-1-3-7-18)28(34)17-21-11-13-27(39-21)26-15-19-8-4-5-9-25(19)38-26/h1-13,15-16,24H,14,17H2,(H,36,37)/t24-/m0/s1. The number of rotatable bonds is 8. The number of amides is 2. The number of benzene rings is 3. The average molecular weight is 578 g/mol. The molecule has 0 aliphatic rings. The minimum absolute atomic E-state index is 0.0112. The Morgan fingerprint density at radius 3 is 2.36 bits per heavy atom. The maximum absolute atomic E-state index is 13.7. The van der Waals surface area contributed by atoms with Crippen LogP contribution in [0.15, 0.2) is 95.4 Å². The van der Waals surface area contributed by atoms with E-state index in [0.29, 0.717) is 21.2 Å². The smallest absolute Gasteiger partial charge is 0.327 e. The Labute approximate surface area is 238 Å². The maximum atomic E-state index is 13.7. The zero-order valence-corrected chi connectivity index (χ0v) is 22.7. The van der Waals surface area contributed by atoms with Crippen LogP contribution in [-0.4, -0.2) is 33.8 Å². The topological polar surface area (TPSA) is 87.8 Å². The number of thiophene rings is 1. The van der Waals surface area contributed by atoms with Crippen LogP contribution in [0.1, 0.15) is 20.8 Å². The summed E-state index contributed by atoms with van der Waals surface area (Å²) in [6.07, 6.45) is -0.242. The third-order valence-corrected chi connectivity index (χ3v) is 7.82. The van der Waals surface area contributed by atoms with E-state index in [1.165, 1.54) is 29.5 Å². The summed E-state index contributed by atoms with van der Waals surface area (Å²) in [6.45, 7) is 0. The molecule has 196 valence electrons. The lowest BCUT2D eigenvalue weighted by Crippen LogP contribution is -2.50. The zero-order valence-electron chi connectivity index (χ0n) is 20.3. The molecule has 0 bridgehead atoms. The van der Waals surface area contributed by atoms with Crippen LogP contribution in [0.3, 0.4) is 0 Å². The summed E-state index contributed by atoms with van der Waals surface area (Å²) in [4.78, 5) is 42.1. The Balaban J connectivity index is 1.47. The number of furan rings is 1. The number of hydrogen-bond donors (Lipinski definition) is 1. The number of nitrogens with zero attached hydrogens (tertiary/aromatic N) is 1. The Morgan fingerprint density at radius 1 is 0.897 bits per heavy atom. The molecule has 2 aromatic heterocycles. The second-order valence-electron chi connectivity index (χ2n) is 8.83. The predicted octanol–water partition coefficient (Wildman–Crippen LogP) is 7.38. The van der Waals surface area contributed by atoms with Gasteiger partial charge in [0, 0.05) is 21.7 Å². The Hall–Kier alpha value is -3.91. The summed E-state index contributed by atoms with van der Waals surface area (Å²) >= 11 is 13.6. The van der Waals surface area contributed by atoms with Gasteiger partial charge in [-0.3, -0.25) is 14.5 Å². The van der Waals surface area contributed by atoms with Gasteiger partial charge in [-0.15, -0.1) is 11.3 Å². The van der Waals surface area contributed by atoms with E-state index in [1.54, 1.807) is 36.4 Å². The molecule has 0 saturated carbocycles. The predicted molar refractivity (Wildman–Crippen MR) is 152 cm³/mol. The molecule has 2 heterocycles. The largest absolute Gasteiger partial charge is 0.480 e. The van der Waals surface area contributed by atoms with E-state index in [4.69, 9.17) is 27.6 Å². The van der Waals surface area contributed by atoms with E-state index in [1.807, 2.05) is 36.4 Å². The molecule has 3 aromatic carbocycles. The van der Waals surface area contributed by atoms with Crippen LogP contribution in [-0.2, 0) is 22.4 Å². The third kappa shape index (κ3) is 5.91. The molecule has 2 amide bonds. The number of fused-ring (bicyclic) bond motifs is 1. The maximum Gasteiger partial charge on any atom is 0.327 e. The first kappa shape index (κ1) is 26.7. The normalized spacial score (nSPS) is 11.8. The van der Waals surface area contributed by atoms with Crippen molar-refractivity contribution >= 4 is 63.3 Å². The summed E-state index contributed by atoms with van der Waals surface area (Å²) in [7, 11) is 0. The number of para-hydroxylation sites is 1. The molecule has 39 heavy (non-hydrogen) atoms. The lowest BCUT2D eigenvalue weighted by molar-refractivity contribution is -0.147. The highest BCUT2D eigenvalue weighted by atomic mass is 35.5. The second-order valence-corrected chi connectivity index (χ2v) is 10.8. The Kier molecular flexibility index (Phi) is 7.84. The van der Waals surface area contributed by atoms with Crippen molar-refractivity contribution in [1.29, 1.82) is 0 Å². The Bertz CT molecular complexity index is 1640. The van der Waals surface area contributed by atoms with Crippen molar-refractivity contribution in [2.24, 2.45) is 0 Å². The summed E-state index contributed by atoms with van der Waals surface area (Å²) < 4.78 is 5.93. The SMILES string of the molecule is O=C(O)[C@H](Cc1ccccc1)N(C(=O)Cc1ccc(-c2cc3ccccc3o2)s1)C(=O)c1ccc(Cl)cc1Cl. The minimum atomic E-state index is -1.45. The second kappa shape index (κ2) is 11.5. The van der Waals surface area contributed by atoms with Crippen molar-refractivity contribution in [3.05, 3.63) is 117 Å². The number of carboxylic acids is 1. The van der Waals surface area contributed by atoms with Gasteiger partial charge in [0.05, 0.1) is 21.9 Å². The van der Waals surface area contributed by atoms with Gasteiger partial charge in [0.25, 0.3) is 5.91 Å². The van der Waals surface area contributed by atoms with Gasteiger partial charge in [-0.05, 0) is 48.0 Å². The van der Waals surface area contributed by atoms with Gasteiger partial charge < -0.3 is 9.52 Å². The van der Waals surface area contributed by atoms with Gasteiger partial charge >= 0.3 is 5.97 Å². The number of halogens is 2. The van der Waals surface area contributed by atoms with Crippen LogP contribution in [0.2, 0.25) is 10.0 Å². The lowest BCUT2D eigenvalue weighted by atomic mass is 10.0. The van der Waals surface area contributed by atoms with Gasteiger partial charge in [0.1, 0.15) is 17.4 Å². The fourth-order valence-electron chi connectivity index (χ4n) is 4.29. The highest BCUT2D eigenvalue weighted by Gasteiger charge is 2.36. The average Bonchev–Trinajstić information content (AvgIpc) is 3.55. The molecule has 0 radical (unpaired) electrons. The molecule has 1 N–H and O–H groups in total. The van der Waals surface area contributed by atoms with Crippen LogP contribution in [0.5, 0.6) is 0 Å². The number of aliphatic carboxylic acids is 1. The number of carboxylic acid groups (broad SMARTS) is 1. The molecule has 5 aromatic rings. The first-order chi connectivity index (χ1) is 18.8. The third-order valence-electron chi connectivity index (χ3n) is 6.17. The van der Waals surface area contributed by atoms with Crippen LogP contribution in [0, 0.1) is 0 Å². The van der Waals surface area contributed by atoms with Crippen molar-refractivity contribution in [2.75, 3.05) is 0 Å². The molecule has 5 rings (SSSR count). The van der Waals surface area contributed by atoms with Crippen LogP contribution < -0.4 is 0 Å². The van der Waals surface area contributed by atoms with Crippen LogP contribution >= 0.6 is 34.5 Å². The zero-order chi connectivity index (χ0) is 27.5. The fraction of sp³-hybridized carbons (Fsp3) is 0.100. The van der Waals surface area contributed by atoms with Gasteiger partial charge in [-0.1, -0.05) is 71.7 Å². The lowest BCUT2D eigenvalue weighted by Gasteiger charge is -2.28. The van der Waals surface area contributed by atoms with Crippen LogP contribution in [0.25, 0.3) is 21.6 Å². The van der Waals surface area contributed by atoms with Crippen LogP contribution in [0.4, 0.5) is 0 Å². The highest BCUT2D eigenvalue weighted by molar-refractivity contribution is 7.15. The molecule has 6 nitrogen and oxygen atoms in total. The summed E-state index contributed by atoms with van der Waals surface area (Å²) in [5, 5.41) is 11.4. The quantitative estimate of drug-likeness (QED) is 0.208. The molecule has 0 aliphatic heterocycles. The Morgan fingerprint density at radius 2 is 1.64 bits per heavy atom. The molecule has 0 aliphatic carbocycles. The van der Waals surface area contributed by atoms with Crippen molar-refractivity contribution in [2.45, 2.75) is 18.9 Å². The van der Waals surface area contributed by atoms with E-state index in [9.17, 15) is 19.5 Å². The molecule has 0 saturated heterocycles. The first-order valence-corrected chi connectivity index (χ1v) is 13.5. The van der Waals surface area contributed by atoms with Crippen molar-refractivity contribution in [1.82, 2.24) is 4.90 Å². The number of hydrogen-bond acceptors (Lipinski definition) is 5. The van der Waals surface area contributed by atoms with Gasteiger partial charge in [0.2, 0.25) is 5.91 Å². The summed E-state index contributed by atoms with van der Waals surface area (Å²) in [5.41, 5.74) is 1.41. The van der Waals surface area contributed by atoms with E-state index in [2.05, 4.69) is 0 Å². The van der Waals surface area contributed by atoms with E-state index in [0.717, 1.165) is 20.7 Å². The molecule has 1 atom stereocenters. The molecule has 0 fully saturated rings. The molecule has 0 spiro atoms. The number of carbonyl (C=O) groups excluding carboxylic acids is 2. The highest BCUT2D eigenvalue weighted by Crippen LogP contribution is 2.33. The monoisotopic (exact) mass is 577 g/mol. The molecular weight excluding hydrogens is 557 g/mol. The van der Waals surface area contributed by atoms with E-state index in [-0.39, 0.29) is 23.4 Å².